The SMILES string of the molecule is C.C[C@@H]1[C@H](C)COC=C[C@H]1OCc1ccccc1.C[C@H]1[C@H](OCc2ccccc2)[C@@H]2OC2OC[C@H]1C.C[C@H]1[C@H](OCc2ccccc2)[C@H](O)[C@@H](Sc2ccccc2)OC[C@H]1O. The quantitative estimate of drug-likeness (QED) is 0.142. The zero-order valence-electron chi connectivity index (χ0n) is 35.6. The van der Waals surface area contributed by atoms with Crippen LogP contribution in [0.2, 0.25) is 0 Å². The number of aliphatic hydroxyl groups is 2. The molecule has 8 rings (SSSR count). The van der Waals surface area contributed by atoms with Crippen LogP contribution in [0.25, 0.3) is 0 Å². The molecule has 9 nitrogen and oxygen atoms in total. The molecule has 1 unspecified atom stereocenters. The predicted molar refractivity (Wildman–Crippen MR) is 241 cm³/mol. The number of epoxide rings is 1. The number of rotatable bonds is 11. The lowest BCUT2D eigenvalue weighted by molar-refractivity contribution is -0.0944. The van der Waals surface area contributed by atoms with Crippen LogP contribution < -0.4 is 0 Å². The molecular formula is C51H68O9S. The summed E-state index contributed by atoms with van der Waals surface area (Å²) in [6, 6.07) is 40.2. The van der Waals surface area contributed by atoms with E-state index < -0.39 is 23.7 Å². The summed E-state index contributed by atoms with van der Waals surface area (Å²) < 4.78 is 40.4. The van der Waals surface area contributed by atoms with Crippen molar-refractivity contribution in [1.82, 2.24) is 0 Å². The maximum atomic E-state index is 10.9. The molecule has 4 aromatic carbocycles. The molecule has 10 heteroatoms. The van der Waals surface area contributed by atoms with Gasteiger partial charge in [-0.3, -0.25) is 0 Å². The topological polar surface area (TPSA) is 108 Å². The predicted octanol–water partition coefficient (Wildman–Crippen LogP) is 9.70. The van der Waals surface area contributed by atoms with E-state index >= 15 is 0 Å². The zero-order chi connectivity index (χ0) is 42.3. The van der Waals surface area contributed by atoms with Gasteiger partial charge in [0.05, 0.1) is 70.3 Å². The van der Waals surface area contributed by atoms with Crippen LogP contribution in [0.15, 0.2) is 139 Å². The van der Waals surface area contributed by atoms with E-state index in [0.29, 0.717) is 43.5 Å². The van der Waals surface area contributed by atoms with E-state index in [-0.39, 0.29) is 44.6 Å². The molecule has 332 valence electrons. The van der Waals surface area contributed by atoms with E-state index in [4.69, 9.17) is 33.2 Å². The third-order valence-electron chi connectivity index (χ3n) is 11.9. The number of thioether (sulfide) groups is 1. The summed E-state index contributed by atoms with van der Waals surface area (Å²) >= 11 is 1.45. The van der Waals surface area contributed by atoms with Crippen LogP contribution in [0.5, 0.6) is 0 Å². The summed E-state index contributed by atoms with van der Waals surface area (Å²) in [4.78, 5) is 1.01. The lowest BCUT2D eigenvalue weighted by atomic mass is 9.90. The van der Waals surface area contributed by atoms with Gasteiger partial charge in [-0.25, -0.2) is 0 Å². The minimum absolute atomic E-state index is 0. The Morgan fingerprint density at radius 3 is 1.66 bits per heavy atom. The molecule has 0 aromatic heterocycles. The van der Waals surface area contributed by atoms with Crippen LogP contribution in [0, 0.1) is 29.6 Å². The molecule has 2 N–H and O–H groups in total. The first-order valence-electron chi connectivity index (χ1n) is 21.4. The summed E-state index contributed by atoms with van der Waals surface area (Å²) in [5, 5.41) is 21.2. The highest BCUT2D eigenvalue weighted by Gasteiger charge is 2.52. The van der Waals surface area contributed by atoms with Gasteiger partial charge in [-0.05, 0) is 58.6 Å². The molecule has 4 aliphatic heterocycles. The van der Waals surface area contributed by atoms with Gasteiger partial charge >= 0.3 is 0 Å². The summed E-state index contributed by atoms with van der Waals surface area (Å²) in [5.41, 5.74) is 2.97. The minimum atomic E-state index is -0.832. The van der Waals surface area contributed by atoms with E-state index in [1.807, 2.05) is 110 Å². The highest BCUT2D eigenvalue weighted by Crippen LogP contribution is 2.39. The summed E-state index contributed by atoms with van der Waals surface area (Å²) in [6.07, 6.45) is 2.19. The number of fused-ring (bicyclic) bond motifs is 1. The van der Waals surface area contributed by atoms with Gasteiger partial charge in [-0.2, -0.15) is 0 Å². The van der Waals surface area contributed by atoms with Gasteiger partial charge in [0.25, 0.3) is 0 Å². The Hall–Kier alpha value is -3.55. The van der Waals surface area contributed by atoms with Crippen molar-refractivity contribution < 1.29 is 43.4 Å². The van der Waals surface area contributed by atoms with E-state index in [1.165, 1.54) is 22.9 Å². The number of ether oxygens (including phenoxy) is 7. The van der Waals surface area contributed by atoms with Gasteiger partial charge < -0.3 is 43.4 Å². The van der Waals surface area contributed by atoms with Gasteiger partial charge in [-0.15, -0.1) is 0 Å². The zero-order valence-corrected chi connectivity index (χ0v) is 36.4. The lowest BCUT2D eigenvalue weighted by Gasteiger charge is -2.30. The van der Waals surface area contributed by atoms with Crippen molar-refractivity contribution in [3.05, 3.63) is 150 Å². The Morgan fingerprint density at radius 1 is 0.574 bits per heavy atom. The average molecular weight is 857 g/mol. The Kier molecular flexibility index (Phi) is 19.8. The van der Waals surface area contributed by atoms with E-state index in [1.54, 1.807) is 6.26 Å². The fourth-order valence-corrected chi connectivity index (χ4v) is 8.38. The van der Waals surface area contributed by atoms with E-state index in [2.05, 4.69) is 52.0 Å². The molecule has 0 spiro atoms. The monoisotopic (exact) mass is 856 g/mol. The second kappa shape index (κ2) is 24.9. The molecule has 0 radical (unpaired) electrons. The Labute approximate surface area is 368 Å². The first-order chi connectivity index (χ1) is 29.2. The van der Waals surface area contributed by atoms with Gasteiger partial charge in [0.1, 0.15) is 17.6 Å². The summed E-state index contributed by atoms with van der Waals surface area (Å²) in [7, 11) is 0. The summed E-state index contributed by atoms with van der Waals surface area (Å²) in [6.45, 7) is 14.2. The van der Waals surface area contributed by atoms with Crippen molar-refractivity contribution in [3.8, 4) is 0 Å². The molecule has 3 fully saturated rings. The van der Waals surface area contributed by atoms with Crippen LogP contribution >= 0.6 is 11.8 Å². The second-order valence-corrected chi connectivity index (χ2v) is 17.6. The van der Waals surface area contributed by atoms with Crippen LogP contribution in [-0.2, 0) is 53.0 Å². The maximum absolute atomic E-state index is 10.9. The van der Waals surface area contributed by atoms with Crippen molar-refractivity contribution in [2.24, 2.45) is 29.6 Å². The molecule has 13 atom stereocenters. The molecular weight excluding hydrogens is 789 g/mol. The molecule has 0 bridgehead atoms. The number of hydrogen-bond donors (Lipinski definition) is 2. The molecule has 61 heavy (non-hydrogen) atoms. The largest absolute Gasteiger partial charge is 0.501 e. The molecule has 4 aliphatic rings. The second-order valence-electron chi connectivity index (χ2n) is 16.5. The number of benzene rings is 4. The lowest BCUT2D eigenvalue weighted by Crippen LogP contribution is -2.42. The molecule has 0 aliphatic carbocycles. The third kappa shape index (κ3) is 14.8. The first-order valence-corrected chi connectivity index (χ1v) is 22.3. The third-order valence-corrected chi connectivity index (χ3v) is 13.1. The van der Waals surface area contributed by atoms with Crippen molar-refractivity contribution in [3.63, 3.8) is 0 Å². The van der Waals surface area contributed by atoms with Crippen LogP contribution in [-0.4, -0.2) is 78.4 Å². The first kappa shape index (κ1) is 48.5. The van der Waals surface area contributed by atoms with Gasteiger partial charge in [-0.1, -0.05) is 163 Å². The van der Waals surface area contributed by atoms with Crippen molar-refractivity contribution in [1.29, 1.82) is 0 Å². The van der Waals surface area contributed by atoms with Crippen LogP contribution in [0.3, 0.4) is 0 Å². The van der Waals surface area contributed by atoms with Crippen LogP contribution in [0.4, 0.5) is 0 Å². The molecule has 4 aromatic rings. The van der Waals surface area contributed by atoms with Crippen molar-refractivity contribution in [2.45, 2.75) is 115 Å². The van der Waals surface area contributed by atoms with Gasteiger partial charge in [0.2, 0.25) is 0 Å². The highest BCUT2D eigenvalue weighted by molar-refractivity contribution is 7.99. The van der Waals surface area contributed by atoms with Gasteiger partial charge in [0.15, 0.2) is 6.29 Å². The van der Waals surface area contributed by atoms with Gasteiger partial charge in [0, 0.05) is 10.8 Å². The standard InChI is InChI=1S/C20H24O4S.C15H20O3.C15H20O2.CH4/c1-14-17(21)13-24-20(25-16-10-6-3-7-11-16)18(22)19(14)23-12-15-8-4-2-5-9-15;1-10-8-17-15-14(18-15)13(11(10)2)16-9-12-6-4-3-5-7-12;1-12-10-16-9-8-15(13(12)2)17-11-14-6-4-3-5-7-14;/h2-11,14,17-22H,12-13H2,1H3;3-7,10-11,13-15H,8-9H2,1-2H3;3-9,12-13,15H,10-11H2,1-2H3;1H4/t14-,17-,18+,19+,20-;10-,11-,13+,14+,15?;12-,13-,15-;/m111./s1. The Morgan fingerprint density at radius 2 is 1.08 bits per heavy atom. The molecule has 0 amide bonds. The van der Waals surface area contributed by atoms with E-state index in [0.717, 1.165) is 23.7 Å². The smallest absolute Gasteiger partial charge is 0.187 e. The molecule has 3 saturated heterocycles. The van der Waals surface area contributed by atoms with Crippen molar-refractivity contribution in [2.75, 3.05) is 19.8 Å². The molecule has 4 heterocycles. The minimum Gasteiger partial charge on any atom is -0.501 e. The average Bonchev–Trinajstić information content (AvgIpc) is 4.10. The van der Waals surface area contributed by atoms with Crippen LogP contribution in [0.1, 0.15) is 58.7 Å². The van der Waals surface area contributed by atoms with E-state index in [9.17, 15) is 10.2 Å². The fourth-order valence-electron chi connectivity index (χ4n) is 7.36. The molecule has 0 saturated carbocycles. The highest BCUT2D eigenvalue weighted by atomic mass is 32.2. The Balaban J connectivity index is 0.000000176. The summed E-state index contributed by atoms with van der Waals surface area (Å²) in [5.74, 6) is 1.76. The number of aliphatic hydroxyl groups excluding tert-OH is 2. The Bertz CT molecular complexity index is 1800. The van der Waals surface area contributed by atoms with Crippen molar-refractivity contribution >= 4 is 11.8 Å². The fraction of sp³-hybridized carbons (Fsp3) is 0.490. The number of hydrogen-bond acceptors (Lipinski definition) is 10. The normalized spacial score (nSPS) is 31.7. The maximum Gasteiger partial charge on any atom is 0.187 e.